The summed E-state index contributed by atoms with van der Waals surface area (Å²) in [6, 6.07) is 7.15. The van der Waals surface area contributed by atoms with Crippen LogP contribution in [-0.2, 0) is 0 Å². The van der Waals surface area contributed by atoms with Crippen molar-refractivity contribution in [3.8, 4) is 11.5 Å². The normalized spacial score (nSPS) is 15.9. The van der Waals surface area contributed by atoms with E-state index in [4.69, 9.17) is 4.74 Å². The van der Waals surface area contributed by atoms with E-state index >= 15 is 4.39 Å². The lowest BCUT2D eigenvalue weighted by atomic mass is 9.95. The van der Waals surface area contributed by atoms with Gasteiger partial charge in [0.2, 0.25) is 5.43 Å². The second kappa shape index (κ2) is 11.5. The highest BCUT2D eigenvalue weighted by Crippen LogP contribution is 2.40. The summed E-state index contributed by atoms with van der Waals surface area (Å²) in [5, 5.41) is 12.8. The highest BCUT2D eigenvalue weighted by Gasteiger charge is 2.43. The maximum Gasteiger partial charge on any atom is 0.277 e. The van der Waals surface area contributed by atoms with Crippen LogP contribution in [0.3, 0.4) is 0 Å². The molecular formula is C27H27BrF3N3O4. The molecule has 2 atom stereocenters. The molecule has 11 heteroatoms. The number of phenols is 1. The first-order valence-electron chi connectivity index (χ1n) is 12.1. The second-order valence-corrected chi connectivity index (χ2v) is 9.70. The summed E-state index contributed by atoms with van der Waals surface area (Å²) in [4.78, 5) is 27.8. The molecule has 1 aliphatic rings. The number of fused-ring (bicyclic) bond motifs is 1. The molecule has 202 valence electrons. The van der Waals surface area contributed by atoms with E-state index in [-0.39, 0.29) is 29.2 Å². The lowest BCUT2D eigenvalue weighted by Gasteiger charge is -2.49. The standard InChI is InChI=1S/C27H27BrF3N3O4/c1-3-4-13-38-26-21(35)10-12-33-25(26)27(37)32(2)23(9-11-28)34(33)24(16-7-5-6-8-18(16)29)17-14-19(30)20(31)15-22(17)36/h5-8,10,12,14-15,23-24,36H,3-4,9,11,13H2,1-2H3/t23-,24?/m0/s1. The van der Waals surface area contributed by atoms with Crippen molar-refractivity contribution >= 4 is 21.8 Å². The molecule has 1 aromatic heterocycles. The number of unbranched alkanes of at least 4 members (excludes halogenated alkanes) is 1. The minimum Gasteiger partial charge on any atom is -0.507 e. The molecule has 0 saturated heterocycles. The van der Waals surface area contributed by atoms with Crippen LogP contribution in [0.25, 0.3) is 0 Å². The summed E-state index contributed by atoms with van der Waals surface area (Å²) in [7, 11) is 1.53. The van der Waals surface area contributed by atoms with Crippen LogP contribution in [-0.4, -0.2) is 45.7 Å². The van der Waals surface area contributed by atoms with E-state index in [0.29, 0.717) is 24.2 Å². The molecule has 38 heavy (non-hydrogen) atoms. The van der Waals surface area contributed by atoms with Gasteiger partial charge in [0.1, 0.15) is 23.8 Å². The largest absolute Gasteiger partial charge is 0.507 e. The molecule has 0 saturated carbocycles. The van der Waals surface area contributed by atoms with Crippen molar-refractivity contribution in [1.29, 1.82) is 0 Å². The molecule has 2 aromatic carbocycles. The lowest BCUT2D eigenvalue weighted by Crippen LogP contribution is -2.61. The van der Waals surface area contributed by atoms with Gasteiger partial charge in [0.05, 0.1) is 6.61 Å². The number of hydrogen-bond acceptors (Lipinski definition) is 5. The van der Waals surface area contributed by atoms with Gasteiger partial charge in [0.25, 0.3) is 5.91 Å². The quantitative estimate of drug-likeness (QED) is 0.277. The summed E-state index contributed by atoms with van der Waals surface area (Å²) >= 11 is 3.40. The van der Waals surface area contributed by atoms with Gasteiger partial charge in [-0.25, -0.2) is 13.2 Å². The van der Waals surface area contributed by atoms with Gasteiger partial charge >= 0.3 is 0 Å². The summed E-state index contributed by atoms with van der Waals surface area (Å²) in [6.07, 6.45) is 2.39. The number of carbonyl (C=O) groups is 1. The molecule has 1 aliphatic heterocycles. The minimum absolute atomic E-state index is 0.0363. The topological polar surface area (TPSA) is 75.0 Å². The number of amides is 1. The Labute approximate surface area is 226 Å². The number of halogens is 4. The Morgan fingerprint density at radius 2 is 1.76 bits per heavy atom. The fourth-order valence-corrected chi connectivity index (χ4v) is 5.03. The maximum absolute atomic E-state index is 15.4. The van der Waals surface area contributed by atoms with Crippen molar-refractivity contribution in [2.75, 3.05) is 24.0 Å². The zero-order chi connectivity index (χ0) is 27.6. The van der Waals surface area contributed by atoms with E-state index in [2.05, 4.69) is 15.9 Å². The van der Waals surface area contributed by atoms with Crippen LogP contribution in [0.1, 0.15) is 53.8 Å². The predicted molar refractivity (Wildman–Crippen MR) is 140 cm³/mol. The van der Waals surface area contributed by atoms with E-state index in [9.17, 15) is 23.5 Å². The van der Waals surface area contributed by atoms with Crippen molar-refractivity contribution < 1.29 is 27.8 Å². The first-order valence-corrected chi connectivity index (χ1v) is 13.3. The number of hydrogen-bond donors (Lipinski definition) is 1. The average Bonchev–Trinajstić information content (AvgIpc) is 2.89. The predicted octanol–water partition coefficient (Wildman–Crippen LogP) is 5.07. The number of rotatable bonds is 9. The Kier molecular flexibility index (Phi) is 8.35. The third-order valence-electron chi connectivity index (χ3n) is 6.50. The van der Waals surface area contributed by atoms with Crippen molar-refractivity contribution in [2.24, 2.45) is 0 Å². The molecule has 4 rings (SSSR count). The summed E-state index contributed by atoms with van der Waals surface area (Å²) in [5.41, 5.74) is -0.694. The first kappa shape index (κ1) is 27.6. The molecule has 3 aromatic rings. The van der Waals surface area contributed by atoms with E-state index in [1.54, 1.807) is 11.1 Å². The number of aromatic hydroxyl groups is 1. The minimum atomic E-state index is -1.27. The van der Waals surface area contributed by atoms with Gasteiger partial charge < -0.3 is 14.7 Å². The zero-order valence-corrected chi connectivity index (χ0v) is 22.4. The van der Waals surface area contributed by atoms with Crippen LogP contribution in [0.2, 0.25) is 0 Å². The number of aromatic nitrogens is 1. The van der Waals surface area contributed by atoms with Gasteiger partial charge in [-0.15, -0.1) is 0 Å². The van der Waals surface area contributed by atoms with Crippen LogP contribution < -0.4 is 15.2 Å². The Morgan fingerprint density at radius 3 is 2.45 bits per heavy atom. The van der Waals surface area contributed by atoms with Gasteiger partial charge in [-0.2, -0.15) is 0 Å². The SMILES string of the molecule is CCCCOc1c2n(ccc1=O)N(C(c1cc(F)c(F)cc1O)c1ccccc1F)[C@@H](CCBr)N(C)C2=O. The summed E-state index contributed by atoms with van der Waals surface area (Å²) in [5.74, 6) is -4.43. The monoisotopic (exact) mass is 593 g/mol. The molecule has 1 unspecified atom stereocenters. The Bertz CT molecular complexity index is 1400. The van der Waals surface area contributed by atoms with Crippen LogP contribution in [0.15, 0.2) is 53.5 Å². The number of phenolic OH excluding ortho intramolecular Hbond substituents is 1. The van der Waals surface area contributed by atoms with Crippen LogP contribution in [0.5, 0.6) is 11.5 Å². The van der Waals surface area contributed by atoms with E-state index in [0.717, 1.165) is 12.5 Å². The molecule has 0 radical (unpaired) electrons. The highest BCUT2D eigenvalue weighted by molar-refractivity contribution is 9.09. The molecule has 1 amide bonds. The Balaban J connectivity index is 2.05. The number of pyridine rings is 1. The number of nitrogens with zero attached hydrogens (tertiary/aromatic N) is 3. The van der Waals surface area contributed by atoms with E-state index in [1.807, 2.05) is 6.92 Å². The summed E-state index contributed by atoms with van der Waals surface area (Å²) < 4.78 is 51.0. The van der Waals surface area contributed by atoms with Crippen molar-refractivity contribution in [1.82, 2.24) is 9.58 Å². The maximum atomic E-state index is 15.4. The molecule has 1 N–H and O–H groups in total. The number of ether oxygens (including phenoxy) is 1. The summed E-state index contributed by atoms with van der Waals surface area (Å²) in [6.45, 7) is 2.15. The molecule has 0 spiro atoms. The number of benzene rings is 2. The van der Waals surface area contributed by atoms with E-state index < -0.39 is 46.7 Å². The fourth-order valence-electron chi connectivity index (χ4n) is 4.62. The van der Waals surface area contributed by atoms with Crippen LogP contribution in [0, 0.1) is 17.5 Å². The second-order valence-electron chi connectivity index (χ2n) is 8.91. The van der Waals surface area contributed by atoms with Crippen LogP contribution in [0.4, 0.5) is 13.2 Å². The van der Waals surface area contributed by atoms with Crippen molar-refractivity contribution in [3.05, 3.63) is 93.2 Å². The molecule has 2 heterocycles. The molecule has 0 bridgehead atoms. The zero-order valence-electron chi connectivity index (χ0n) is 20.8. The average molecular weight is 594 g/mol. The Morgan fingerprint density at radius 1 is 1.05 bits per heavy atom. The highest BCUT2D eigenvalue weighted by atomic mass is 79.9. The van der Waals surface area contributed by atoms with Gasteiger partial charge in [0, 0.05) is 41.8 Å². The first-order chi connectivity index (χ1) is 18.2. The van der Waals surface area contributed by atoms with Gasteiger partial charge in [0.15, 0.2) is 23.1 Å². The molecule has 0 aliphatic carbocycles. The lowest BCUT2D eigenvalue weighted by molar-refractivity contribution is 0.0610. The van der Waals surface area contributed by atoms with Gasteiger partial charge in [-0.3, -0.25) is 19.3 Å². The Hall–Kier alpha value is -3.47. The molecule has 7 nitrogen and oxygen atoms in total. The van der Waals surface area contributed by atoms with Gasteiger partial charge in [-0.1, -0.05) is 47.5 Å². The van der Waals surface area contributed by atoms with Gasteiger partial charge in [-0.05, 0) is 25.0 Å². The van der Waals surface area contributed by atoms with Crippen molar-refractivity contribution in [2.45, 2.75) is 38.4 Å². The van der Waals surface area contributed by atoms with Crippen LogP contribution >= 0.6 is 15.9 Å². The van der Waals surface area contributed by atoms with E-state index in [1.165, 1.54) is 47.1 Å². The fraction of sp³-hybridized carbons (Fsp3) is 0.333. The molecule has 0 fully saturated rings. The molecular weight excluding hydrogens is 567 g/mol. The third kappa shape index (κ3) is 4.99. The number of carbonyl (C=O) groups excluding carboxylic acids is 1. The third-order valence-corrected chi connectivity index (χ3v) is 6.96. The van der Waals surface area contributed by atoms with Crippen molar-refractivity contribution in [3.63, 3.8) is 0 Å². The number of alkyl halides is 1. The smallest absolute Gasteiger partial charge is 0.277 e.